The summed E-state index contributed by atoms with van der Waals surface area (Å²) < 4.78 is 27.3. The van der Waals surface area contributed by atoms with E-state index in [1.165, 1.54) is 4.31 Å². The van der Waals surface area contributed by atoms with Gasteiger partial charge in [0.1, 0.15) is 0 Å². The molecule has 0 amide bonds. The van der Waals surface area contributed by atoms with Gasteiger partial charge in [-0.1, -0.05) is 48.5 Å². The van der Waals surface area contributed by atoms with E-state index >= 15 is 0 Å². The Balaban J connectivity index is 2.07. The Hall–Kier alpha value is -1.69. The van der Waals surface area contributed by atoms with Gasteiger partial charge in [0.05, 0.1) is 11.1 Å². The van der Waals surface area contributed by atoms with E-state index in [2.05, 4.69) is 5.32 Å². The summed E-state index contributed by atoms with van der Waals surface area (Å²) in [4.78, 5) is 0.371. The van der Waals surface area contributed by atoms with E-state index in [0.29, 0.717) is 11.4 Å². The molecule has 0 radical (unpaired) electrons. The van der Waals surface area contributed by atoms with Crippen LogP contribution in [0.3, 0.4) is 0 Å². The maximum absolute atomic E-state index is 12.9. The second kappa shape index (κ2) is 5.60. The molecule has 0 spiro atoms. The molecule has 0 aromatic heterocycles. The molecule has 1 aliphatic heterocycles. The monoisotopic (exact) mass is 302 g/mol. The molecule has 1 saturated heterocycles. The topological polar surface area (TPSA) is 49.4 Å². The molecule has 3 rings (SSSR count). The van der Waals surface area contributed by atoms with Gasteiger partial charge in [-0.15, -0.1) is 0 Å². The predicted molar refractivity (Wildman–Crippen MR) is 83.2 cm³/mol. The maximum atomic E-state index is 12.9. The molecule has 1 heterocycles. The van der Waals surface area contributed by atoms with Crippen LogP contribution in [0.2, 0.25) is 0 Å². The first kappa shape index (κ1) is 14.3. The summed E-state index contributed by atoms with van der Waals surface area (Å²) in [6.45, 7) is 0.566. The molecule has 110 valence electrons. The highest BCUT2D eigenvalue weighted by Crippen LogP contribution is 2.32. The van der Waals surface area contributed by atoms with Gasteiger partial charge in [-0.2, -0.15) is 4.31 Å². The van der Waals surface area contributed by atoms with Gasteiger partial charge in [-0.05, 0) is 25.1 Å². The molecule has 1 fully saturated rings. The predicted octanol–water partition coefficient (Wildman–Crippen LogP) is 2.29. The molecule has 2 aromatic rings. The normalized spacial score (nSPS) is 19.2. The number of nitrogens with one attached hydrogen (secondary N) is 1. The molecular weight excluding hydrogens is 284 g/mol. The van der Waals surface area contributed by atoms with E-state index in [-0.39, 0.29) is 6.17 Å². The van der Waals surface area contributed by atoms with Crippen LogP contribution in [0.1, 0.15) is 6.42 Å². The minimum Gasteiger partial charge on any atom is -0.304 e. The van der Waals surface area contributed by atoms with Crippen molar-refractivity contribution in [1.29, 1.82) is 0 Å². The Morgan fingerprint density at radius 3 is 2.33 bits per heavy atom. The van der Waals surface area contributed by atoms with Crippen LogP contribution in [-0.4, -0.2) is 32.5 Å². The number of hydrogen-bond acceptors (Lipinski definition) is 3. The largest absolute Gasteiger partial charge is 0.304 e. The van der Waals surface area contributed by atoms with Crippen molar-refractivity contribution in [2.75, 3.05) is 13.6 Å². The molecule has 0 bridgehead atoms. The summed E-state index contributed by atoms with van der Waals surface area (Å²) in [5.74, 6) is 0. The molecule has 0 saturated carbocycles. The first-order chi connectivity index (χ1) is 10.1. The Morgan fingerprint density at radius 1 is 1.05 bits per heavy atom. The van der Waals surface area contributed by atoms with Crippen LogP contribution in [0, 0.1) is 0 Å². The molecule has 0 aliphatic carbocycles. The molecule has 2 aromatic carbocycles. The summed E-state index contributed by atoms with van der Waals surface area (Å²) in [5.41, 5.74) is 1.66. The zero-order valence-corrected chi connectivity index (χ0v) is 12.7. The Morgan fingerprint density at radius 2 is 1.71 bits per heavy atom. The average Bonchev–Trinajstić information content (AvgIpc) is 2.47. The summed E-state index contributed by atoms with van der Waals surface area (Å²) in [6.07, 6.45) is 0.752. The van der Waals surface area contributed by atoms with Gasteiger partial charge in [0.2, 0.25) is 10.0 Å². The highest BCUT2D eigenvalue weighted by molar-refractivity contribution is 7.89. The molecular formula is C16H18N2O2S. The number of rotatable bonds is 4. The first-order valence-corrected chi connectivity index (χ1v) is 8.42. The van der Waals surface area contributed by atoms with Gasteiger partial charge in [0, 0.05) is 12.1 Å². The van der Waals surface area contributed by atoms with Crippen molar-refractivity contribution in [2.24, 2.45) is 0 Å². The van der Waals surface area contributed by atoms with Crippen molar-refractivity contribution in [1.82, 2.24) is 9.62 Å². The molecule has 1 atom stereocenters. The van der Waals surface area contributed by atoms with Crippen LogP contribution in [0.5, 0.6) is 0 Å². The van der Waals surface area contributed by atoms with E-state index in [0.717, 1.165) is 17.5 Å². The van der Waals surface area contributed by atoms with E-state index in [4.69, 9.17) is 0 Å². The smallest absolute Gasteiger partial charge is 0.245 e. The van der Waals surface area contributed by atoms with Crippen molar-refractivity contribution in [3.63, 3.8) is 0 Å². The zero-order chi connectivity index (χ0) is 14.9. The fourth-order valence-electron chi connectivity index (χ4n) is 2.61. The minimum atomic E-state index is -3.47. The lowest BCUT2D eigenvalue weighted by Crippen LogP contribution is -2.57. The van der Waals surface area contributed by atoms with Gasteiger partial charge in [0.25, 0.3) is 0 Å². The summed E-state index contributed by atoms with van der Waals surface area (Å²) in [5, 5.41) is 3.03. The standard InChI is InChI=1S/C16H18N2O2S/c1-17-16-11-12-18(16)21(19,20)15-10-6-5-9-14(15)13-7-3-2-4-8-13/h2-10,16-17H,11-12H2,1H3. The van der Waals surface area contributed by atoms with Gasteiger partial charge in [0.15, 0.2) is 0 Å². The van der Waals surface area contributed by atoms with Gasteiger partial charge >= 0.3 is 0 Å². The van der Waals surface area contributed by atoms with Crippen molar-refractivity contribution in [3.05, 3.63) is 54.6 Å². The van der Waals surface area contributed by atoms with Crippen molar-refractivity contribution < 1.29 is 8.42 Å². The molecule has 1 unspecified atom stereocenters. The SMILES string of the molecule is CNC1CCN1S(=O)(=O)c1ccccc1-c1ccccc1. The van der Waals surface area contributed by atoms with E-state index in [1.54, 1.807) is 19.2 Å². The third-order valence-corrected chi connectivity index (χ3v) is 5.83. The molecule has 1 aliphatic rings. The lowest BCUT2D eigenvalue weighted by Gasteiger charge is -2.39. The Kier molecular flexibility index (Phi) is 3.80. The second-order valence-corrected chi connectivity index (χ2v) is 6.93. The lowest BCUT2D eigenvalue weighted by molar-refractivity contribution is 0.172. The van der Waals surface area contributed by atoms with Crippen LogP contribution < -0.4 is 5.32 Å². The van der Waals surface area contributed by atoms with Crippen LogP contribution in [0.25, 0.3) is 11.1 Å². The van der Waals surface area contributed by atoms with Gasteiger partial charge in [-0.25, -0.2) is 8.42 Å². The number of sulfonamides is 1. The zero-order valence-electron chi connectivity index (χ0n) is 11.9. The van der Waals surface area contributed by atoms with Crippen LogP contribution >= 0.6 is 0 Å². The number of benzene rings is 2. The maximum Gasteiger partial charge on any atom is 0.245 e. The number of hydrogen-bond donors (Lipinski definition) is 1. The fraction of sp³-hybridized carbons (Fsp3) is 0.250. The lowest BCUT2D eigenvalue weighted by atomic mass is 10.1. The molecule has 4 nitrogen and oxygen atoms in total. The second-order valence-electron chi connectivity index (χ2n) is 5.07. The Labute approximate surface area is 125 Å². The van der Waals surface area contributed by atoms with E-state index in [9.17, 15) is 8.42 Å². The first-order valence-electron chi connectivity index (χ1n) is 6.98. The number of nitrogens with zero attached hydrogens (tertiary/aromatic N) is 1. The van der Waals surface area contributed by atoms with Crippen LogP contribution in [-0.2, 0) is 10.0 Å². The Bertz CT molecular complexity index is 727. The van der Waals surface area contributed by atoms with Crippen molar-refractivity contribution in [2.45, 2.75) is 17.5 Å². The van der Waals surface area contributed by atoms with Gasteiger partial charge in [-0.3, -0.25) is 0 Å². The van der Waals surface area contributed by atoms with E-state index in [1.807, 2.05) is 42.5 Å². The third kappa shape index (κ3) is 2.48. The van der Waals surface area contributed by atoms with Crippen LogP contribution in [0.4, 0.5) is 0 Å². The molecule has 5 heteroatoms. The summed E-state index contributed by atoms with van der Waals surface area (Å²) in [6, 6.07) is 16.8. The highest BCUT2D eigenvalue weighted by atomic mass is 32.2. The quantitative estimate of drug-likeness (QED) is 0.943. The van der Waals surface area contributed by atoms with E-state index < -0.39 is 10.0 Å². The fourth-order valence-corrected chi connectivity index (χ4v) is 4.47. The minimum absolute atomic E-state index is 0.0983. The van der Waals surface area contributed by atoms with Gasteiger partial charge < -0.3 is 5.32 Å². The highest BCUT2D eigenvalue weighted by Gasteiger charge is 2.38. The van der Waals surface area contributed by atoms with Crippen molar-refractivity contribution >= 4 is 10.0 Å². The molecule has 1 N–H and O–H groups in total. The average molecular weight is 302 g/mol. The summed E-state index contributed by atoms with van der Waals surface area (Å²) in [7, 11) is -1.68. The molecule has 21 heavy (non-hydrogen) atoms. The summed E-state index contributed by atoms with van der Waals surface area (Å²) >= 11 is 0. The van der Waals surface area contributed by atoms with Crippen LogP contribution in [0.15, 0.2) is 59.5 Å². The van der Waals surface area contributed by atoms with Crippen molar-refractivity contribution in [3.8, 4) is 11.1 Å². The third-order valence-electron chi connectivity index (χ3n) is 3.86.